The van der Waals surface area contributed by atoms with E-state index in [1.807, 2.05) is 40.1 Å². The van der Waals surface area contributed by atoms with Crippen LogP contribution < -0.4 is 10.6 Å². The fourth-order valence-electron chi connectivity index (χ4n) is 2.20. The SMILES string of the molecule is Cc1cnc([C@@H](C)Nc2ncc(Cl)c(N[C@H](C)c3ncc(C)s3)n2)s1. The largest absolute Gasteiger partial charge is 0.360 e. The van der Waals surface area contributed by atoms with Gasteiger partial charge in [0.25, 0.3) is 0 Å². The Morgan fingerprint density at radius 1 is 0.880 bits per heavy atom. The van der Waals surface area contributed by atoms with E-state index in [1.165, 1.54) is 9.75 Å². The molecule has 0 aliphatic rings. The molecule has 0 radical (unpaired) electrons. The Morgan fingerprint density at radius 3 is 1.96 bits per heavy atom. The monoisotopic (exact) mass is 394 g/mol. The Morgan fingerprint density at radius 2 is 1.44 bits per heavy atom. The summed E-state index contributed by atoms with van der Waals surface area (Å²) < 4.78 is 0. The molecule has 9 heteroatoms. The minimum Gasteiger partial charge on any atom is -0.360 e. The number of rotatable bonds is 6. The minimum atomic E-state index is 0.0120. The van der Waals surface area contributed by atoms with Crippen molar-refractivity contribution in [1.29, 1.82) is 0 Å². The third-order valence-corrected chi connectivity index (χ3v) is 5.93. The van der Waals surface area contributed by atoms with Gasteiger partial charge in [0, 0.05) is 22.1 Å². The molecule has 0 bridgehead atoms. The maximum absolute atomic E-state index is 6.25. The second-order valence-corrected chi connectivity index (χ2v) is 8.68. The first kappa shape index (κ1) is 18.0. The van der Waals surface area contributed by atoms with Crippen LogP contribution in [0.2, 0.25) is 5.02 Å². The Bertz CT molecular complexity index is 862. The van der Waals surface area contributed by atoms with Gasteiger partial charge in [0.05, 0.1) is 18.3 Å². The van der Waals surface area contributed by atoms with Crippen LogP contribution in [0.15, 0.2) is 18.6 Å². The second-order valence-electron chi connectivity index (χ2n) is 5.74. The van der Waals surface area contributed by atoms with Gasteiger partial charge in [0.1, 0.15) is 15.0 Å². The van der Waals surface area contributed by atoms with Crippen LogP contribution in [-0.2, 0) is 0 Å². The molecule has 0 spiro atoms. The van der Waals surface area contributed by atoms with E-state index in [-0.39, 0.29) is 12.1 Å². The number of aromatic nitrogens is 4. The topological polar surface area (TPSA) is 75.6 Å². The van der Waals surface area contributed by atoms with Gasteiger partial charge in [-0.15, -0.1) is 22.7 Å². The van der Waals surface area contributed by atoms with Crippen LogP contribution in [0.5, 0.6) is 0 Å². The van der Waals surface area contributed by atoms with Gasteiger partial charge < -0.3 is 10.6 Å². The fraction of sp³-hybridized carbons (Fsp3) is 0.375. The Labute approximate surface area is 159 Å². The predicted octanol–water partition coefficient (Wildman–Crippen LogP) is 5.01. The van der Waals surface area contributed by atoms with Gasteiger partial charge in [-0.3, -0.25) is 0 Å². The highest BCUT2D eigenvalue weighted by Crippen LogP contribution is 2.28. The normalized spacial score (nSPS) is 13.5. The quantitative estimate of drug-likeness (QED) is 0.612. The molecule has 0 saturated heterocycles. The summed E-state index contributed by atoms with van der Waals surface area (Å²) in [4.78, 5) is 19.9. The number of hydrogen-bond donors (Lipinski definition) is 2. The Kier molecular flexibility index (Phi) is 5.51. The number of hydrogen-bond acceptors (Lipinski definition) is 8. The zero-order valence-corrected chi connectivity index (χ0v) is 16.8. The average molecular weight is 395 g/mol. The minimum absolute atomic E-state index is 0.0120. The fourth-order valence-corrected chi connectivity index (χ4v) is 3.90. The summed E-state index contributed by atoms with van der Waals surface area (Å²) >= 11 is 9.55. The lowest BCUT2D eigenvalue weighted by Gasteiger charge is -2.15. The van der Waals surface area contributed by atoms with Crippen LogP contribution in [0.4, 0.5) is 11.8 Å². The molecule has 3 aromatic heterocycles. The van der Waals surface area contributed by atoms with E-state index in [4.69, 9.17) is 11.6 Å². The standard InChI is InChI=1S/C16H19ClN6S2/c1-8-5-18-14(24-8)10(3)21-13-12(17)7-20-16(23-13)22-11(4)15-19-6-9(2)25-15/h5-7,10-11H,1-4H3,(H2,20,21,22,23)/t10-,11-/m1/s1. The number of nitrogens with one attached hydrogen (secondary N) is 2. The number of halogens is 1. The zero-order valence-electron chi connectivity index (χ0n) is 14.4. The lowest BCUT2D eigenvalue weighted by molar-refractivity contribution is 0.836. The molecule has 0 saturated carbocycles. The molecule has 0 aliphatic carbocycles. The molecule has 2 N–H and O–H groups in total. The molecule has 25 heavy (non-hydrogen) atoms. The van der Waals surface area contributed by atoms with Crippen molar-refractivity contribution < 1.29 is 0 Å². The van der Waals surface area contributed by atoms with Crippen molar-refractivity contribution in [1.82, 2.24) is 19.9 Å². The van der Waals surface area contributed by atoms with Crippen molar-refractivity contribution in [3.63, 3.8) is 0 Å². The lowest BCUT2D eigenvalue weighted by atomic mass is 10.3. The van der Waals surface area contributed by atoms with Crippen LogP contribution >= 0.6 is 34.3 Å². The van der Waals surface area contributed by atoms with Crippen molar-refractivity contribution >= 4 is 46.0 Å². The summed E-state index contributed by atoms with van der Waals surface area (Å²) in [6.07, 6.45) is 5.33. The van der Waals surface area contributed by atoms with E-state index in [1.54, 1.807) is 28.9 Å². The molecular weight excluding hydrogens is 376 g/mol. The van der Waals surface area contributed by atoms with E-state index in [0.29, 0.717) is 16.8 Å². The molecule has 3 rings (SSSR count). The number of aryl methyl sites for hydroxylation is 2. The summed E-state index contributed by atoms with van der Waals surface area (Å²) in [7, 11) is 0. The second kappa shape index (κ2) is 7.63. The first-order valence-corrected chi connectivity index (χ1v) is 9.83. The third kappa shape index (κ3) is 4.45. The average Bonchev–Trinajstić information content (AvgIpc) is 3.19. The van der Waals surface area contributed by atoms with Crippen LogP contribution in [0.3, 0.4) is 0 Å². The van der Waals surface area contributed by atoms with E-state index in [0.717, 1.165) is 10.0 Å². The van der Waals surface area contributed by atoms with E-state index in [9.17, 15) is 0 Å². The first-order chi connectivity index (χ1) is 11.9. The van der Waals surface area contributed by atoms with Gasteiger partial charge in [-0.05, 0) is 27.7 Å². The summed E-state index contributed by atoms with van der Waals surface area (Å²) in [5, 5.41) is 9.05. The number of thiazole rings is 2. The van der Waals surface area contributed by atoms with Gasteiger partial charge in [-0.1, -0.05) is 11.6 Å². The van der Waals surface area contributed by atoms with Gasteiger partial charge in [-0.25, -0.2) is 15.0 Å². The van der Waals surface area contributed by atoms with Crippen LogP contribution in [-0.4, -0.2) is 19.9 Å². The summed E-state index contributed by atoms with van der Waals surface area (Å²) in [5.74, 6) is 1.09. The van der Waals surface area contributed by atoms with Crippen molar-refractivity contribution in [2.24, 2.45) is 0 Å². The first-order valence-electron chi connectivity index (χ1n) is 7.82. The zero-order chi connectivity index (χ0) is 18.0. The molecule has 2 atom stereocenters. The lowest BCUT2D eigenvalue weighted by Crippen LogP contribution is -2.12. The highest BCUT2D eigenvalue weighted by Gasteiger charge is 2.15. The highest BCUT2D eigenvalue weighted by atomic mass is 35.5. The third-order valence-electron chi connectivity index (χ3n) is 3.46. The van der Waals surface area contributed by atoms with E-state index < -0.39 is 0 Å². The summed E-state index contributed by atoms with van der Waals surface area (Å²) in [6, 6.07) is 0.0322. The highest BCUT2D eigenvalue weighted by molar-refractivity contribution is 7.11. The van der Waals surface area contributed by atoms with Gasteiger partial charge in [0.2, 0.25) is 5.95 Å². The van der Waals surface area contributed by atoms with E-state index >= 15 is 0 Å². The number of nitrogens with zero attached hydrogens (tertiary/aromatic N) is 4. The molecule has 0 amide bonds. The smallest absolute Gasteiger partial charge is 0.225 e. The molecule has 0 fully saturated rings. The number of anilines is 2. The van der Waals surface area contributed by atoms with Crippen molar-refractivity contribution in [2.75, 3.05) is 10.6 Å². The maximum atomic E-state index is 6.25. The van der Waals surface area contributed by atoms with Crippen molar-refractivity contribution in [2.45, 2.75) is 39.8 Å². The summed E-state index contributed by atoms with van der Waals surface area (Å²) in [6.45, 7) is 8.14. The van der Waals surface area contributed by atoms with Gasteiger partial charge >= 0.3 is 0 Å². The van der Waals surface area contributed by atoms with Gasteiger partial charge in [0.15, 0.2) is 5.82 Å². The van der Waals surface area contributed by atoms with Crippen LogP contribution in [0.1, 0.15) is 45.7 Å². The molecule has 3 heterocycles. The predicted molar refractivity (Wildman–Crippen MR) is 105 cm³/mol. The van der Waals surface area contributed by atoms with E-state index in [2.05, 4.69) is 30.6 Å². The van der Waals surface area contributed by atoms with Crippen molar-refractivity contribution in [3.8, 4) is 0 Å². The van der Waals surface area contributed by atoms with Crippen LogP contribution in [0.25, 0.3) is 0 Å². The molecule has 132 valence electrons. The molecule has 3 aromatic rings. The van der Waals surface area contributed by atoms with Crippen molar-refractivity contribution in [3.05, 3.63) is 43.4 Å². The maximum Gasteiger partial charge on any atom is 0.225 e. The molecular formula is C16H19ClN6S2. The summed E-state index contributed by atoms with van der Waals surface area (Å²) in [5.41, 5.74) is 0. The van der Waals surface area contributed by atoms with Gasteiger partial charge in [-0.2, -0.15) is 4.98 Å². The van der Waals surface area contributed by atoms with Crippen LogP contribution in [0, 0.1) is 13.8 Å². The molecule has 6 nitrogen and oxygen atoms in total. The Balaban J connectivity index is 1.73. The molecule has 0 aliphatic heterocycles. The Hall–Kier alpha value is -1.77. The molecule has 0 unspecified atom stereocenters. The molecule has 0 aromatic carbocycles.